The van der Waals surface area contributed by atoms with E-state index >= 15 is 0 Å². The third-order valence-corrected chi connectivity index (χ3v) is 9.82. The van der Waals surface area contributed by atoms with Gasteiger partial charge in [0.1, 0.15) is 18.3 Å². The van der Waals surface area contributed by atoms with Gasteiger partial charge in [0.15, 0.2) is 5.92 Å². The van der Waals surface area contributed by atoms with Crippen molar-refractivity contribution in [3.05, 3.63) is 0 Å². The molecule has 266 valence electrons. The highest BCUT2D eigenvalue weighted by Crippen LogP contribution is 2.33. The molecule has 9 heteroatoms. The zero-order chi connectivity index (χ0) is 34.8. The first kappa shape index (κ1) is 38.7. The van der Waals surface area contributed by atoms with Crippen LogP contribution >= 0.6 is 0 Å². The van der Waals surface area contributed by atoms with Crippen LogP contribution in [0.4, 0.5) is 0 Å². The van der Waals surface area contributed by atoms with E-state index in [4.69, 9.17) is 14.2 Å². The zero-order valence-electron chi connectivity index (χ0n) is 31.2. The maximum absolute atomic E-state index is 13.8. The summed E-state index contributed by atoms with van der Waals surface area (Å²) in [4.78, 5) is 40.5. The van der Waals surface area contributed by atoms with Crippen LogP contribution in [0.2, 0.25) is 0 Å². The van der Waals surface area contributed by atoms with Crippen molar-refractivity contribution in [3.8, 4) is 0 Å². The topological polar surface area (TPSA) is 115 Å². The van der Waals surface area contributed by atoms with Gasteiger partial charge in [-0.25, -0.2) is 0 Å². The van der Waals surface area contributed by atoms with Crippen LogP contribution in [0, 0.1) is 5.92 Å². The van der Waals surface area contributed by atoms with Crippen LogP contribution in [0.3, 0.4) is 0 Å². The molecule has 0 aromatic carbocycles. The van der Waals surface area contributed by atoms with Gasteiger partial charge in [-0.1, -0.05) is 0 Å². The summed E-state index contributed by atoms with van der Waals surface area (Å²) in [6.07, 6.45) is 6.71. The fourth-order valence-electron chi connectivity index (χ4n) is 8.49. The summed E-state index contributed by atoms with van der Waals surface area (Å²) in [5.41, 5.74) is -0.819. The Balaban J connectivity index is 1.68. The molecule has 0 aliphatic carbocycles. The molecule has 9 nitrogen and oxygen atoms in total. The summed E-state index contributed by atoms with van der Waals surface area (Å²) < 4.78 is 18.1. The minimum atomic E-state index is -1.09. The molecule has 0 spiro atoms. The number of esters is 3. The molecule has 0 amide bonds. The van der Waals surface area contributed by atoms with Crippen molar-refractivity contribution >= 4 is 17.9 Å². The minimum absolute atomic E-state index is 0.0324. The zero-order valence-corrected chi connectivity index (χ0v) is 31.2. The first-order chi connectivity index (χ1) is 20.9. The van der Waals surface area contributed by atoms with E-state index in [-0.39, 0.29) is 70.4 Å². The van der Waals surface area contributed by atoms with E-state index in [1.807, 2.05) is 0 Å². The van der Waals surface area contributed by atoms with E-state index in [9.17, 15) is 14.4 Å². The van der Waals surface area contributed by atoms with E-state index in [1.165, 1.54) is 0 Å². The molecule has 3 N–H and O–H groups in total. The quantitative estimate of drug-likeness (QED) is 0.146. The van der Waals surface area contributed by atoms with Gasteiger partial charge in [-0.2, -0.15) is 0 Å². The molecule has 3 atom stereocenters. The number of hydrogen-bond donors (Lipinski definition) is 3. The van der Waals surface area contributed by atoms with E-state index in [1.54, 1.807) is 0 Å². The Morgan fingerprint density at radius 3 is 1.22 bits per heavy atom. The summed E-state index contributed by atoms with van der Waals surface area (Å²) in [6.45, 7) is 25.8. The fourth-order valence-corrected chi connectivity index (χ4v) is 8.49. The average Bonchev–Trinajstić information content (AvgIpc) is 3.08. The van der Waals surface area contributed by atoms with Gasteiger partial charge in [0.25, 0.3) is 0 Å². The van der Waals surface area contributed by atoms with Gasteiger partial charge >= 0.3 is 17.9 Å². The Kier molecular flexibility index (Phi) is 12.1. The molecular weight excluding hydrogens is 582 g/mol. The van der Waals surface area contributed by atoms with Crippen molar-refractivity contribution in [2.45, 2.75) is 212 Å². The molecule has 3 rings (SSSR count). The van der Waals surface area contributed by atoms with Gasteiger partial charge in [0.2, 0.25) is 0 Å². The SMILES string of the molecule is CC1(C)CCC(OC(=O)CCCC(C(=O)OC2CCC(C)(C)NC(C)(C)C2)C(=O)OC2CCC(C)(C)NC(C)(C)C2)CC(C)(C)N1. The highest BCUT2D eigenvalue weighted by molar-refractivity contribution is 5.95. The fraction of sp³-hybridized carbons (Fsp3) is 0.919. The molecule has 3 unspecified atom stereocenters. The maximum Gasteiger partial charge on any atom is 0.320 e. The molecule has 3 aliphatic heterocycles. The van der Waals surface area contributed by atoms with E-state index in [2.05, 4.69) is 99.0 Å². The van der Waals surface area contributed by atoms with Crippen LogP contribution in [0.15, 0.2) is 0 Å². The first-order valence-electron chi connectivity index (χ1n) is 17.8. The molecule has 3 saturated heterocycles. The largest absolute Gasteiger partial charge is 0.462 e. The van der Waals surface area contributed by atoms with Gasteiger partial charge in [0.05, 0.1) is 0 Å². The summed E-state index contributed by atoms with van der Waals surface area (Å²) in [5.74, 6) is -2.49. The van der Waals surface area contributed by atoms with Crippen LogP contribution in [-0.4, -0.2) is 69.5 Å². The smallest absolute Gasteiger partial charge is 0.320 e. The van der Waals surface area contributed by atoms with Crippen LogP contribution in [0.1, 0.15) is 160 Å². The molecule has 0 bridgehead atoms. The van der Waals surface area contributed by atoms with Crippen molar-refractivity contribution in [1.82, 2.24) is 16.0 Å². The van der Waals surface area contributed by atoms with E-state index in [0.717, 1.165) is 32.1 Å². The molecule has 3 fully saturated rings. The van der Waals surface area contributed by atoms with Crippen molar-refractivity contribution in [3.63, 3.8) is 0 Å². The second-order valence-corrected chi connectivity index (χ2v) is 18.6. The normalized spacial score (nSPS) is 30.4. The third kappa shape index (κ3) is 12.7. The van der Waals surface area contributed by atoms with Crippen molar-refractivity contribution in [1.29, 1.82) is 0 Å². The Morgan fingerprint density at radius 2 is 0.870 bits per heavy atom. The summed E-state index contributed by atoms with van der Waals surface area (Å²) >= 11 is 0. The molecule has 0 aromatic heterocycles. The lowest BCUT2D eigenvalue weighted by Crippen LogP contribution is -2.51. The van der Waals surface area contributed by atoms with Gasteiger partial charge in [-0.05, 0) is 134 Å². The monoisotopic (exact) mass is 650 g/mol. The van der Waals surface area contributed by atoms with Gasteiger partial charge in [0, 0.05) is 58.9 Å². The third-order valence-electron chi connectivity index (χ3n) is 9.82. The van der Waals surface area contributed by atoms with Crippen molar-refractivity contribution in [2.75, 3.05) is 0 Å². The average molecular weight is 650 g/mol. The Labute approximate surface area is 279 Å². The summed E-state index contributed by atoms with van der Waals surface area (Å²) in [5, 5.41) is 11.0. The van der Waals surface area contributed by atoms with Crippen molar-refractivity contribution in [2.24, 2.45) is 5.92 Å². The van der Waals surface area contributed by atoms with Crippen LogP contribution in [0.5, 0.6) is 0 Å². The molecular formula is C37H67N3O6. The van der Waals surface area contributed by atoms with Crippen molar-refractivity contribution < 1.29 is 28.6 Å². The second kappa shape index (κ2) is 14.4. The first-order valence-corrected chi connectivity index (χ1v) is 17.8. The van der Waals surface area contributed by atoms with Crippen LogP contribution in [0.25, 0.3) is 0 Å². The Hall–Kier alpha value is -1.71. The number of nitrogens with one attached hydrogen (secondary N) is 3. The van der Waals surface area contributed by atoms with E-state index in [0.29, 0.717) is 32.1 Å². The number of carbonyl (C=O) groups is 3. The highest BCUT2D eigenvalue weighted by Gasteiger charge is 2.41. The molecule has 0 saturated carbocycles. The van der Waals surface area contributed by atoms with Gasteiger partial charge < -0.3 is 30.2 Å². The molecule has 46 heavy (non-hydrogen) atoms. The lowest BCUT2D eigenvalue weighted by Gasteiger charge is -2.35. The van der Waals surface area contributed by atoms with Gasteiger partial charge in [-0.3, -0.25) is 14.4 Å². The number of ether oxygens (including phenoxy) is 3. The second-order valence-electron chi connectivity index (χ2n) is 18.6. The summed E-state index contributed by atoms with van der Waals surface area (Å²) in [7, 11) is 0. The highest BCUT2D eigenvalue weighted by atomic mass is 16.6. The number of hydrogen-bond acceptors (Lipinski definition) is 9. The van der Waals surface area contributed by atoms with E-state index < -0.39 is 17.9 Å². The maximum atomic E-state index is 13.8. The predicted molar refractivity (Wildman–Crippen MR) is 182 cm³/mol. The number of carbonyl (C=O) groups excluding carboxylic acids is 3. The number of rotatable bonds is 9. The van der Waals surface area contributed by atoms with Gasteiger partial charge in [-0.15, -0.1) is 0 Å². The lowest BCUT2D eigenvalue weighted by atomic mass is 9.95. The molecule has 0 radical (unpaired) electrons. The standard InChI is InChI=1S/C37H67N3O6/c1-32(2)19-16-25(22-35(7,8)38-32)44-29(41)15-13-14-28(30(42)45-26-17-20-33(3,4)39-36(9,10)23-26)31(43)46-27-18-21-34(5,6)40-37(11,12)24-27/h25-28,38-40H,13-24H2,1-12H3. The van der Waals surface area contributed by atoms with Crippen LogP contribution in [-0.2, 0) is 28.6 Å². The Bertz CT molecular complexity index is 1020. The Morgan fingerprint density at radius 1 is 0.543 bits per heavy atom. The molecule has 0 aromatic rings. The predicted octanol–water partition coefficient (Wildman–Crippen LogP) is 6.50. The summed E-state index contributed by atoms with van der Waals surface area (Å²) in [6, 6.07) is 0. The molecule has 3 aliphatic rings. The lowest BCUT2D eigenvalue weighted by molar-refractivity contribution is -0.170. The minimum Gasteiger partial charge on any atom is -0.462 e. The molecule has 3 heterocycles. The van der Waals surface area contributed by atoms with Crippen LogP contribution < -0.4 is 16.0 Å².